The first-order chi connectivity index (χ1) is 19.1. The summed E-state index contributed by atoms with van der Waals surface area (Å²) in [7, 11) is -2.34. The first-order valence-corrected chi connectivity index (χ1v) is 15.3. The number of nitrogens with one attached hydrogen (secondary N) is 1. The number of hydrogen-bond acceptors (Lipinski definition) is 7. The number of amidine groups is 1. The van der Waals surface area contributed by atoms with Crippen molar-refractivity contribution in [2.75, 3.05) is 12.4 Å². The first kappa shape index (κ1) is 28.2. The molecule has 1 saturated heterocycles. The Kier molecular flexibility index (Phi) is 8.18. The number of carbonyl (C=O) groups is 2. The molecule has 12 heteroatoms. The minimum atomic E-state index is -3.92. The number of primary sulfonamides is 1. The molecule has 0 bridgehead atoms. The van der Waals surface area contributed by atoms with Gasteiger partial charge >= 0.3 is 0 Å². The lowest BCUT2D eigenvalue weighted by Crippen LogP contribution is -2.47. The third kappa shape index (κ3) is 6.33. The lowest BCUT2D eigenvalue weighted by molar-refractivity contribution is -0.130. The topological polar surface area (TPSA) is 131 Å². The van der Waals surface area contributed by atoms with E-state index in [1.165, 1.54) is 30.0 Å². The number of halogens is 1. The van der Waals surface area contributed by atoms with Gasteiger partial charge in [0.1, 0.15) is 11.0 Å². The maximum atomic E-state index is 13.6. The van der Waals surface area contributed by atoms with E-state index in [-0.39, 0.29) is 34.9 Å². The molecule has 5 rings (SSSR count). The summed E-state index contributed by atoms with van der Waals surface area (Å²) in [4.78, 5) is 32.9. The molecule has 1 saturated carbocycles. The highest BCUT2D eigenvalue weighted by atomic mass is 35.5. The van der Waals surface area contributed by atoms with Gasteiger partial charge in [0.05, 0.1) is 17.7 Å². The Hall–Kier alpha value is -3.38. The summed E-state index contributed by atoms with van der Waals surface area (Å²) < 4.78 is 28.6. The van der Waals surface area contributed by atoms with Crippen LogP contribution in [0.1, 0.15) is 30.7 Å². The lowest BCUT2D eigenvalue weighted by Gasteiger charge is -2.41. The number of nitrogens with zero attached hydrogens (tertiary/aromatic N) is 2. The van der Waals surface area contributed by atoms with Crippen molar-refractivity contribution in [3.8, 4) is 5.75 Å². The number of benzene rings is 3. The third-order valence-electron chi connectivity index (χ3n) is 6.88. The summed E-state index contributed by atoms with van der Waals surface area (Å²) in [5.74, 6) is 0.367. The zero-order valence-electron chi connectivity index (χ0n) is 21.5. The van der Waals surface area contributed by atoms with Crippen molar-refractivity contribution >= 4 is 61.7 Å². The average molecular weight is 599 g/mol. The quantitative estimate of drug-likeness (QED) is 0.379. The van der Waals surface area contributed by atoms with Crippen LogP contribution in [0.4, 0.5) is 11.4 Å². The fraction of sp³-hybridized carbons (Fsp3) is 0.250. The molecule has 1 aliphatic heterocycles. The minimum absolute atomic E-state index is 0.0551. The first-order valence-electron chi connectivity index (χ1n) is 12.5. The summed E-state index contributed by atoms with van der Waals surface area (Å²) in [6, 6.07) is 20.6. The predicted molar refractivity (Wildman–Crippen MR) is 157 cm³/mol. The van der Waals surface area contributed by atoms with E-state index in [0.717, 1.165) is 18.4 Å². The van der Waals surface area contributed by atoms with Crippen LogP contribution in [0, 0.1) is 0 Å². The van der Waals surface area contributed by atoms with Crippen LogP contribution in [0.25, 0.3) is 0 Å². The summed E-state index contributed by atoms with van der Waals surface area (Å²) in [5, 5.41) is 8.41. The van der Waals surface area contributed by atoms with Crippen LogP contribution in [0.5, 0.6) is 5.75 Å². The molecule has 0 radical (unpaired) electrons. The molecule has 3 aromatic rings. The second kappa shape index (κ2) is 11.6. The summed E-state index contributed by atoms with van der Waals surface area (Å²) in [6.45, 7) is 0. The second-order valence-corrected chi connectivity index (χ2v) is 12.8. The summed E-state index contributed by atoms with van der Waals surface area (Å²) in [5.41, 5.74) is 2.07. The zero-order valence-corrected chi connectivity index (χ0v) is 23.9. The highest BCUT2D eigenvalue weighted by Gasteiger charge is 2.47. The van der Waals surface area contributed by atoms with Gasteiger partial charge in [0, 0.05) is 23.2 Å². The molecule has 1 unspecified atom stereocenters. The Bertz CT molecular complexity index is 1570. The molecule has 40 heavy (non-hydrogen) atoms. The number of methoxy groups -OCH3 is 1. The Morgan fingerprint density at radius 1 is 1.12 bits per heavy atom. The molecule has 1 atom stereocenters. The second-order valence-electron chi connectivity index (χ2n) is 9.61. The monoisotopic (exact) mass is 598 g/mol. The number of thioether (sulfide) groups is 1. The highest BCUT2D eigenvalue weighted by molar-refractivity contribution is 8.15. The van der Waals surface area contributed by atoms with E-state index in [4.69, 9.17) is 26.5 Å². The number of rotatable bonds is 8. The number of ether oxygens (including phenoxy) is 1. The van der Waals surface area contributed by atoms with Crippen LogP contribution in [-0.2, 0) is 19.6 Å². The van der Waals surface area contributed by atoms with Gasteiger partial charge in [-0.15, -0.1) is 0 Å². The maximum absolute atomic E-state index is 13.6. The van der Waals surface area contributed by atoms with Gasteiger partial charge in [-0.05, 0) is 78.9 Å². The lowest BCUT2D eigenvalue weighted by atomic mass is 9.75. The van der Waals surface area contributed by atoms with Crippen LogP contribution < -0.4 is 15.2 Å². The zero-order chi connectivity index (χ0) is 28.4. The number of nitrogens with two attached hydrogens (primary N) is 1. The molecule has 3 aromatic carbocycles. The van der Waals surface area contributed by atoms with Gasteiger partial charge < -0.3 is 10.1 Å². The molecule has 0 spiro atoms. The summed E-state index contributed by atoms with van der Waals surface area (Å²) >= 11 is 7.43. The Labute approximate surface area is 241 Å². The minimum Gasteiger partial charge on any atom is -0.497 e. The summed E-state index contributed by atoms with van der Waals surface area (Å²) in [6.07, 6.45) is 1.41. The smallest absolute Gasteiger partial charge is 0.242 e. The number of hydrogen-bond donors (Lipinski definition) is 2. The van der Waals surface area contributed by atoms with Crippen molar-refractivity contribution in [3.05, 3.63) is 83.4 Å². The number of carbonyl (C=O) groups excluding carboxylic acids is 2. The van der Waals surface area contributed by atoms with Crippen molar-refractivity contribution in [2.45, 2.75) is 41.4 Å². The number of sulfonamides is 1. The van der Waals surface area contributed by atoms with Crippen LogP contribution in [0.2, 0.25) is 5.02 Å². The van der Waals surface area contributed by atoms with E-state index in [1.807, 2.05) is 36.4 Å². The Balaban J connectivity index is 1.33. The van der Waals surface area contributed by atoms with Crippen molar-refractivity contribution in [1.29, 1.82) is 0 Å². The van der Waals surface area contributed by atoms with Gasteiger partial charge in [0.2, 0.25) is 21.8 Å². The van der Waals surface area contributed by atoms with Crippen LogP contribution >= 0.6 is 23.4 Å². The van der Waals surface area contributed by atoms with Gasteiger partial charge in [-0.2, -0.15) is 0 Å². The van der Waals surface area contributed by atoms with E-state index < -0.39 is 21.2 Å². The third-order valence-corrected chi connectivity index (χ3v) is 9.18. The molecule has 1 aliphatic carbocycles. The highest BCUT2D eigenvalue weighted by Crippen LogP contribution is 2.45. The molecule has 0 aromatic heterocycles. The normalized spacial score (nSPS) is 21.8. The van der Waals surface area contributed by atoms with Crippen LogP contribution in [0.15, 0.2) is 82.7 Å². The van der Waals surface area contributed by atoms with E-state index in [0.29, 0.717) is 21.6 Å². The molecule has 1 heterocycles. The molecule has 2 fully saturated rings. The number of aliphatic imine (C=N–C) groups is 1. The van der Waals surface area contributed by atoms with Gasteiger partial charge in [0.25, 0.3) is 0 Å². The van der Waals surface area contributed by atoms with Gasteiger partial charge in [-0.3, -0.25) is 14.5 Å². The largest absolute Gasteiger partial charge is 0.497 e. The van der Waals surface area contributed by atoms with Crippen LogP contribution in [-0.4, -0.2) is 48.7 Å². The van der Waals surface area contributed by atoms with E-state index in [1.54, 1.807) is 30.2 Å². The van der Waals surface area contributed by atoms with Crippen molar-refractivity contribution < 1.29 is 22.7 Å². The fourth-order valence-corrected chi connectivity index (χ4v) is 6.73. The molecule has 208 valence electrons. The predicted octanol–water partition coefficient (Wildman–Crippen LogP) is 4.90. The molecule has 9 nitrogen and oxygen atoms in total. The van der Waals surface area contributed by atoms with Crippen molar-refractivity contribution in [2.24, 2.45) is 10.1 Å². The van der Waals surface area contributed by atoms with Crippen molar-refractivity contribution in [1.82, 2.24) is 4.90 Å². The molecule has 3 N–H and O–H groups in total. The van der Waals surface area contributed by atoms with Gasteiger partial charge in [-0.1, -0.05) is 41.6 Å². The molecular formula is C28H27ClN4O5S2. The molecule has 2 aliphatic rings. The molecular weight excluding hydrogens is 572 g/mol. The Morgan fingerprint density at radius 2 is 1.85 bits per heavy atom. The standard InChI is InChI=1S/C28H27ClN4O5S2/c1-38-23-10-8-20(9-11-23)32-28-33(22-13-18(14-22)17-4-2-5-19(29)12-17)27(35)25(39-28)16-26(34)31-21-6-3-7-24(15-21)40(30,36)37/h2-12,15,18,22,25H,13-14,16H2,1H3,(H,31,34)(H2,30,36,37). The van der Waals surface area contributed by atoms with Gasteiger partial charge in [0.15, 0.2) is 5.17 Å². The van der Waals surface area contributed by atoms with Gasteiger partial charge in [-0.25, -0.2) is 18.5 Å². The average Bonchev–Trinajstić information content (AvgIpc) is 3.17. The van der Waals surface area contributed by atoms with E-state index in [9.17, 15) is 18.0 Å². The number of amides is 2. The number of anilines is 1. The SMILES string of the molecule is COc1ccc(N=C2SC(CC(=O)Nc3cccc(S(N)(=O)=O)c3)C(=O)N2C2CC(c3cccc(Cl)c3)C2)cc1. The molecule has 2 amide bonds. The van der Waals surface area contributed by atoms with E-state index >= 15 is 0 Å². The maximum Gasteiger partial charge on any atom is 0.242 e. The van der Waals surface area contributed by atoms with Crippen LogP contribution in [0.3, 0.4) is 0 Å². The Morgan fingerprint density at radius 3 is 2.52 bits per heavy atom. The van der Waals surface area contributed by atoms with E-state index in [2.05, 4.69) is 5.32 Å². The fourth-order valence-electron chi connectivity index (χ4n) is 4.76. The van der Waals surface area contributed by atoms with Crippen molar-refractivity contribution in [3.63, 3.8) is 0 Å².